The molecule has 3 nitrogen and oxygen atoms in total. The van der Waals surface area contributed by atoms with Crippen LogP contribution in [0.2, 0.25) is 5.02 Å². The maximum Gasteiger partial charge on any atom is 0.417 e. The second-order valence-electron chi connectivity index (χ2n) is 5.13. The van der Waals surface area contributed by atoms with Crippen molar-refractivity contribution < 1.29 is 18.0 Å². The molecule has 0 aliphatic rings. The molecule has 0 spiro atoms. The zero-order valence-corrected chi connectivity index (χ0v) is 13.4. The Hall–Kier alpha value is -2.21. The van der Waals surface area contributed by atoms with Gasteiger partial charge in [0, 0.05) is 12.2 Å². The minimum Gasteiger partial charge on any atom is -0.376 e. The van der Waals surface area contributed by atoms with Gasteiger partial charge in [-0.25, -0.2) is 0 Å². The van der Waals surface area contributed by atoms with Gasteiger partial charge in [0.05, 0.1) is 17.1 Å². The van der Waals surface area contributed by atoms with E-state index < -0.39 is 11.7 Å². The van der Waals surface area contributed by atoms with Crippen molar-refractivity contribution in [1.82, 2.24) is 5.32 Å². The normalized spacial score (nSPS) is 11.2. The lowest BCUT2D eigenvalue weighted by atomic mass is 10.1. The molecule has 0 aliphatic carbocycles. The van der Waals surface area contributed by atoms with Crippen molar-refractivity contribution >= 4 is 23.2 Å². The standard InChI is InChI=1S/C17H16ClF3N2O/c18-15-7-6-13(10-14(15)17(19,20)21)23-11-16(24)22-9-8-12-4-2-1-3-5-12/h1-7,10,23H,8-9,11H2,(H,22,24). The molecule has 128 valence electrons. The quantitative estimate of drug-likeness (QED) is 0.817. The van der Waals surface area contributed by atoms with Crippen LogP contribution in [0.25, 0.3) is 0 Å². The number of nitrogens with one attached hydrogen (secondary N) is 2. The Morgan fingerprint density at radius 2 is 1.79 bits per heavy atom. The molecule has 0 aliphatic heterocycles. The average Bonchev–Trinajstić information content (AvgIpc) is 2.54. The number of halogens is 4. The van der Waals surface area contributed by atoms with Crippen molar-refractivity contribution in [2.45, 2.75) is 12.6 Å². The van der Waals surface area contributed by atoms with Crippen LogP contribution in [0.15, 0.2) is 48.5 Å². The summed E-state index contributed by atoms with van der Waals surface area (Å²) < 4.78 is 38.3. The van der Waals surface area contributed by atoms with Crippen molar-refractivity contribution in [3.8, 4) is 0 Å². The fourth-order valence-electron chi connectivity index (χ4n) is 2.09. The van der Waals surface area contributed by atoms with Gasteiger partial charge in [-0.15, -0.1) is 0 Å². The largest absolute Gasteiger partial charge is 0.417 e. The Labute approximate surface area is 142 Å². The molecule has 0 heterocycles. The third-order valence-electron chi connectivity index (χ3n) is 3.30. The molecule has 0 atom stereocenters. The molecule has 0 fully saturated rings. The SMILES string of the molecule is O=C(CNc1ccc(Cl)c(C(F)(F)F)c1)NCCc1ccccc1. The van der Waals surface area contributed by atoms with E-state index >= 15 is 0 Å². The van der Waals surface area contributed by atoms with Crippen molar-refractivity contribution in [2.24, 2.45) is 0 Å². The molecule has 0 unspecified atom stereocenters. The zero-order valence-electron chi connectivity index (χ0n) is 12.7. The van der Waals surface area contributed by atoms with E-state index in [9.17, 15) is 18.0 Å². The monoisotopic (exact) mass is 356 g/mol. The highest BCUT2D eigenvalue weighted by molar-refractivity contribution is 6.31. The number of rotatable bonds is 6. The molecule has 24 heavy (non-hydrogen) atoms. The van der Waals surface area contributed by atoms with Crippen molar-refractivity contribution in [3.63, 3.8) is 0 Å². The van der Waals surface area contributed by atoms with Crippen LogP contribution in [0.5, 0.6) is 0 Å². The smallest absolute Gasteiger partial charge is 0.376 e. The van der Waals surface area contributed by atoms with Crippen LogP contribution in [-0.4, -0.2) is 19.0 Å². The summed E-state index contributed by atoms with van der Waals surface area (Å²) in [5.41, 5.74) is 0.349. The molecule has 2 aromatic rings. The lowest BCUT2D eigenvalue weighted by molar-refractivity contribution is -0.137. The predicted octanol–water partition coefficient (Wildman–Crippen LogP) is 4.13. The molecular weight excluding hydrogens is 341 g/mol. The molecule has 2 aromatic carbocycles. The van der Waals surface area contributed by atoms with Gasteiger partial charge in [-0.3, -0.25) is 4.79 Å². The Morgan fingerprint density at radius 3 is 2.46 bits per heavy atom. The molecule has 0 radical (unpaired) electrons. The first kappa shape index (κ1) is 18.1. The Morgan fingerprint density at radius 1 is 1.08 bits per heavy atom. The minimum absolute atomic E-state index is 0.117. The third-order valence-corrected chi connectivity index (χ3v) is 3.63. The van der Waals surface area contributed by atoms with Crippen molar-refractivity contribution in [2.75, 3.05) is 18.4 Å². The molecule has 0 saturated heterocycles. The van der Waals surface area contributed by atoms with E-state index in [2.05, 4.69) is 10.6 Å². The predicted molar refractivity (Wildman–Crippen MR) is 88.1 cm³/mol. The highest BCUT2D eigenvalue weighted by Gasteiger charge is 2.33. The fraction of sp³-hybridized carbons (Fsp3) is 0.235. The van der Waals surface area contributed by atoms with Gasteiger partial charge in [0.2, 0.25) is 5.91 Å². The van der Waals surface area contributed by atoms with Gasteiger partial charge in [-0.1, -0.05) is 41.9 Å². The minimum atomic E-state index is -4.54. The van der Waals surface area contributed by atoms with Crippen LogP contribution in [0.3, 0.4) is 0 Å². The number of carbonyl (C=O) groups is 1. The Balaban J connectivity index is 1.81. The summed E-state index contributed by atoms with van der Waals surface area (Å²) in [6.07, 6.45) is -3.85. The first-order valence-electron chi connectivity index (χ1n) is 7.27. The number of anilines is 1. The number of amides is 1. The number of carbonyl (C=O) groups excluding carboxylic acids is 1. The number of benzene rings is 2. The maximum atomic E-state index is 12.8. The Bertz CT molecular complexity index is 690. The highest BCUT2D eigenvalue weighted by atomic mass is 35.5. The molecule has 0 bridgehead atoms. The van der Waals surface area contributed by atoms with E-state index in [1.807, 2.05) is 30.3 Å². The summed E-state index contributed by atoms with van der Waals surface area (Å²) in [6, 6.07) is 13.1. The summed E-state index contributed by atoms with van der Waals surface area (Å²) in [7, 11) is 0. The topological polar surface area (TPSA) is 41.1 Å². The number of hydrogen-bond donors (Lipinski definition) is 2. The van der Waals surface area contributed by atoms with Crippen LogP contribution < -0.4 is 10.6 Å². The van der Waals surface area contributed by atoms with E-state index in [1.165, 1.54) is 6.07 Å². The van der Waals surface area contributed by atoms with Gasteiger partial charge >= 0.3 is 6.18 Å². The Kier molecular flexibility index (Phi) is 6.09. The molecule has 2 N–H and O–H groups in total. The number of hydrogen-bond acceptors (Lipinski definition) is 2. The van der Waals surface area contributed by atoms with Crippen LogP contribution in [-0.2, 0) is 17.4 Å². The van der Waals surface area contributed by atoms with Gasteiger partial charge < -0.3 is 10.6 Å². The van der Waals surface area contributed by atoms with Crippen LogP contribution in [0, 0.1) is 0 Å². The molecule has 1 amide bonds. The highest BCUT2D eigenvalue weighted by Crippen LogP contribution is 2.36. The molecule has 7 heteroatoms. The van der Waals surface area contributed by atoms with Gasteiger partial charge in [0.1, 0.15) is 0 Å². The van der Waals surface area contributed by atoms with E-state index in [4.69, 9.17) is 11.6 Å². The van der Waals surface area contributed by atoms with Gasteiger partial charge in [0.15, 0.2) is 0 Å². The second-order valence-corrected chi connectivity index (χ2v) is 5.54. The molecular formula is C17H16ClF3N2O. The molecule has 0 aromatic heterocycles. The fourth-order valence-corrected chi connectivity index (χ4v) is 2.31. The second kappa shape index (κ2) is 8.06. The van der Waals surface area contributed by atoms with Gasteiger partial charge in [-0.2, -0.15) is 13.2 Å². The lowest BCUT2D eigenvalue weighted by Crippen LogP contribution is -2.31. The van der Waals surface area contributed by atoms with E-state index in [0.29, 0.717) is 13.0 Å². The molecule has 2 rings (SSSR count). The first-order valence-corrected chi connectivity index (χ1v) is 7.65. The van der Waals surface area contributed by atoms with Crippen molar-refractivity contribution in [3.05, 3.63) is 64.7 Å². The van der Waals surface area contributed by atoms with Gasteiger partial charge in [-0.05, 0) is 30.2 Å². The summed E-state index contributed by atoms with van der Waals surface area (Å²) >= 11 is 5.54. The summed E-state index contributed by atoms with van der Waals surface area (Å²) in [6.45, 7) is 0.340. The first-order chi connectivity index (χ1) is 11.4. The van der Waals surface area contributed by atoms with E-state index in [1.54, 1.807) is 0 Å². The van der Waals surface area contributed by atoms with Gasteiger partial charge in [0.25, 0.3) is 0 Å². The van der Waals surface area contributed by atoms with Crippen LogP contribution in [0.4, 0.5) is 18.9 Å². The maximum absolute atomic E-state index is 12.8. The molecule has 0 saturated carbocycles. The lowest BCUT2D eigenvalue weighted by Gasteiger charge is -2.12. The van der Waals surface area contributed by atoms with Crippen LogP contribution in [0.1, 0.15) is 11.1 Å². The zero-order chi connectivity index (χ0) is 17.6. The summed E-state index contributed by atoms with van der Waals surface area (Å²) in [4.78, 5) is 11.7. The number of alkyl halides is 3. The van der Waals surface area contributed by atoms with Crippen molar-refractivity contribution in [1.29, 1.82) is 0 Å². The summed E-state index contributed by atoms with van der Waals surface area (Å²) in [5.74, 6) is -0.297. The third kappa shape index (κ3) is 5.45. The summed E-state index contributed by atoms with van der Waals surface area (Å²) in [5, 5.41) is 5.00. The van der Waals surface area contributed by atoms with Crippen LogP contribution >= 0.6 is 11.6 Å². The average molecular weight is 357 g/mol. The van der Waals surface area contributed by atoms with E-state index in [-0.39, 0.29) is 23.2 Å². The van der Waals surface area contributed by atoms with E-state index in [0.717, 1.165) is 17.7 Å².